The number of benzene rings is 1. The molecule has 0 saturated carbocycles. The third kappa shape index (κ3) is 3.94. The van der Waals surface area contributed by atoms with Gasteiger partial charge in [0.25, 0.3) is 0 Å². The number of amides is 1. The van der Waals surface area contributed by atoms with Gasteiger partial charge in [0.15, 0.2) is 0 Å². The summed E-state index contributed by atoms with van der Waals surface area (Å²) >= 11 is 0. The average molecular weight is 330 g/mol. The van der Waals surface area contributed by atoms with Gasteiger partial charge in [0.05, 0.1) is 17.1 Å². The number of ether oxygens (including phenoxy) is 1. The van der Waals surface area contributed by atoms with Crippen molar-refractivity contribution in [1.82, 2.24) is 9.97 Å². The van der Waals surface area contributed by atoms with Gasteiger partial charge >= 0.3 is 0 Å². The minimum atomic E-state index is -0.494. The Morgan fingerprint density at radius 1 is 1.46 bits per heavy atom. The third-order valence-corrected chi connectivity index (χ3v) is 4.64. The van der Waals surface area contributed by atoms with Crippen molar-refractivity contribution in [3.63, 3.8) is 0 Å². The lowest BCUT2D eigenvalue weighted by Gasteiger charge is -2.26. The zero-order valence-electron chi connectivity index (χ0n) is 14.2. The van der Waals surface area contributed by atoms with Gasteiger partial charge in [0.2, 0.25) is 5.91 Å². The summed E-state index contributed by atoms with van der Waals surface area (Å²) in [7, 11) is 0. The highest BCUT2D eigenvalue weighted by Gasteiger charge is 2.26. The van der Waals surface area contributed by atoms with Gasteiger partial charge in [-0.3, -0.25) is 4.79 Å². The topological polar surface area (TPSA) is 93.0 Å². The summed E-state index contributed by atoms with van der Waals surface area (Å²) in [6.45, 7) is 3.54. The van der Waals surface area contributed by atoms with E-state index in [9.17, 15) is 4.79 Å². The predicted molar refractivity (Wildman–Crippen MR) is 94.9 cm³/mol. The first-order chi connectivity index (χ1) is 11.7. The molecule has 2 aromatic rings. The molecule has 1 saturated heterocycles. The van der Waals surface area contributed by atoms with E-state index < -0.39 is 6.04 Å². The van der Waals surface area contributed by atoms with E-state index in [2.05, 4.69) is 22.2 Å². The number of H-pyrrole nitrogens is 1. The van der Waals surface area contributed by atoms with E-state index >= 15 is 0 Å². The van der Waals surface area contributed by atoms with Crippen LogP contribution >= 0.6 is 0 Å². The monoisotopic (exact) mass is 330 g/mol. The molecule has 0 bridgehead atoms. The van der Waals surface area contributed by atoms with Gasteiger partial charge in [-0.05, 0) is 43.4 Å². The van der Waals surface area contributed by atoms with Crippen LogP contribution in [0.1, 0.15) is 38.4 Å². The van der Waals surface area contributed by atoms with Crippen LogP contribution in [0.5, 0.6) is 0 Å². The molecule has 2 heterocycles. The highest BCUT2D eigenvalue weighted by Crippen LogP contribution is 2.21. The molecule has 0 spiro atoms. The summed E-state index contributed by atoms with van der Waals surface area (Å²) in [5, 5.41) is 2.93. The molecular formula is C18H26N4O2. The molecule has 130 valence electrons. The van der Waals surface area contributed by atoms with Crippen LogP contribution in [0.3, 0.4) is 0 Å². The summed E-state index contributed by atoms with van der Waals surface area (Å²) in [5.74, 6) is 1.05. The number of nitrogens with zero attached hydrogens (tertiary/aromatic N) is 1. The highest BCUT2D eigenvalue weighted by molar-refractivity contribution is 5.96. The van der Waals surface area contributed by atoms with Gasteiger partial charge in [0, 0.05) is 25.3 Å². The van der Waals surface area contributed by atoms with Gasteiger partial charge < -0.3 is 20.8 Å². The highest BCUT2D eigenvalue weighted by atomic mass is 16.5. The third-order valence-electron chi connectivity index (χ3n) is 4.64. The zero-order chi connectivity index (χ0) is 16.9. The lowest BCUT2D eigenvalue weighted by atomic mass is 9.92. The number of hydrogen-bond acceptors (Lipinski definition) is 4. The molecular weight excluding hydrogens is 304 g/mol. The van der Waals surface area contributed by atoms with Crippen molar-refractivity contribution in [3.05, 3.63) is 24.0 Å². The largest absolute Gasteiger partial charge is 0.381 e. The molecule has 1 fully saturated rings. The number of aromatic nitrogens is 2. The first-order valence-corrected chi connectivity index (χ1v) is 8.80. The SMILES string of the molecule is CCCCc1nc2ccc(NC(=O)C(N)C3CCOCC3)cc2[nH]1. The number of carbonyl (C=O) groups is 1. The molecule has 24 heavy (non-hydrogen) atoms. The van der Waals surface area contributed by atoms with Gasteiger partial charge in [0.1, 0.15) is 5.82 Å². The number of aromatic amines is 1. The summed E-state index contributed by atoms with van der Waals surface area (Å²) in [5.41, 5.74) is 8.74. The van der Waals surface area contributed by atoms with Crippen LogP contribution in [0.15, 0.2) is 18.2 Å². The minimum Gasteiger partial charge on any atom is -0.381 e. The lowest BCUT2D eigenvalue weighted by Crippen LogP contribution is -2.43. The molecule has 1 amide bonds. The van der Waals surface area contributed by atoms with Gasteiger partial charge in [-0.2, -0.15) is 0 Å². The Morgan fingerprint density at radius 3 is 3.00 bits per heavy atom. The number of aryl methyl sites for hydroxylation is 1. The van der Waals surface area contributed by atoms with E-state index in [0.29, 0.717) is 13.2 Å². The smallest absolute Gasteiger partial charge is 0.241 e. The minimum absolute atomic E-state index is 0.132. The zero-order valence-corrected chi connectivity index (χ0v) is 14.2. The Hall–Kier alpha value is -1.92. The van der Waals surface area contributed by atoms with Crippen LogP contribution in [0, 0.1) is 5.92 Å². The molecule has 6 nitrogen and oxygen atoms in total. The quantitative estimate of drug-likeness (QED) is 0.759. The van der Waals surface area contributed by atoms with E-state index in [0.717, 1.165) is 54.6 Å². The Bertz CT molecular complexity index is 691. The number of imidazole rings is 1. The Morgan fingerprint density at radius 2 is 2.25 bits per heavy atom. The van der Waals surface area contributed by atoms with Gasteiger partial charge in [-0.15, -0.1) is 0 Å². The summed E-state index contributed by atoms with van der Waals surface area (Å²) in [4.78, 5) is 20.3. The van der Waals surface area contributed by atoms with Crippen LogP contribution in [-0.2, 0) is 16.0 Å². The number of fused-ring (bicyclic) bond motifs is 1. The number of nitrogens with two attached hydrogens (primary N) is 1. The number of rotatable bonds is 6. The van der Waals surface area contributed by atoms with Crippen LogP contribution < -0.4 is 11.1 Å². The van der Waals surface area contributed by atoms with Gasteiger partial charge in [-0.1, -0.05) is 13.3 Å². The van der Waals surface area contributed by atoms with Crippen molar-refractivity contribution in [2.45, 2.75) is 45.1 Å². The summed E-state index contributed by atoms with van der Waals surface area (Å²) in [6, 6.07) is 5.23. The normalized spacial score (nSPS) is 17.1. The molecule has 1 unspecified atom stereocenters. The first-order valence-electron chi connectivity index (χ1n) is 8.80. The van der Waals surface area contributed by atoms with Gasteiger partial charge in [-0.25, -0.2) is 4.98 Å². The van der Waals surface area contributed by atoms with Crippen LogP contribution in [-0.4, -0.2) is 35.1 Å². The molecule has 1 aliphatic heterocycles. The van der Waals surface area contributed by atoms with Crippen molar-refractivity contribution in [2.75, 3.05) is 18.5 Å². The van der Waals surface area contributed by atoms with E-state index in [4.69, 9.17) is 10.5 Å². The second-order valence-electron chi connectivity index (χ2n) is 6.48. The molecule has 3 rings (SSSR count). The second-order valence-corrected chi connectivity index (χ2v) is 6.48. The second kappa shape index (κ2) is 7.77. The van der Waals surface area contributed by atoms with E-state index in [1.165, 1.54) is 0 Å². The maximum absolute atomic E-state index is 12.4. The number of hydrogen-bond donors (Lipinski definition) is 3. The summed E-state index contributed by atoms with van der Waals surface area (Å²) in [6.07, 6.45) is 4.89. The standard InChI is InChI=1S/C18H26N4O2/c1-2-3-4-16-21-14-6-5-13(11-15(14)22-16)20-18(23)17(19)12-7-9-24-10-8-12/h5-6,11-12,17H,2-4,7-10,19H2,1H3,(H,20,23)(H,21,22). The van der Waals surface area contributed by atoms with E-state index in [-0.39, 0.29) is 11.8 Å². The fourth-order valence-corrected chi connectivity index (χ4v) is 3.12. The number of anilines is 1. The van der Waals surface area contributed by atoms with Crippen LogP contribution in [0.25, 0.3) is 11.0 Å². The summed E-state index contributed by atoms with van der Waals surface area (Å²) < 4.78 is 5.33. The molecule has 4 N–H and O–H groups in total. The van der Waals surface area contributed by atoms with Crippen molar-refractivity contribution >= 4 is 22.6 Å². The van der Waals surface area contributed by atoms with E-state index in [1.807, 2.05) is 18.2 Å². The van der Waals surface area contributed by atoms with E-state index in [1.54, 1.807) is 0 Å². The van der Waals surface area contributed by atoms with Crippen molar-refractivity contribution < 1.29 is 9.53 Å². The number of carbonyl (C=O) groups excluding carboxylic acids is 1. The first kappa shape index (κ1) is 16.9. The Kier molecular flexibility index (Phi) is 5.48. The lowest BCUT2D eigenvalue weighted by molar-refractivity contribution is -0.119. The molecule has 1 atom stereocenters. The van der Waals surface area contributed by atoms with Crippen LogP contribution in [0.4, 0.5) is 5.69 Å². The fraction of sp³-hybridized carbons (Fsp3) is 0.556. The molecule has 1 aliphatic rings. The van der Waals surface area contributed by atoms with Crippen molar-refractivity contribution in [1.29, 1.82) is 0 Å². The predicted octanol–water partition coefficient (Wildman–Crippen LogP) is 2.60. The molecule has 1 aromatic carbocycles. The fourth-order valence-electron chi connectivity index (χ4n) is 3.12. The molecule has 0 radical (unpaired) electrons. The van der Waals surface area contributed by atoms with Crippen molar-refractivity contribution in [2.24, 2.45) is 11.7 Å². The number of nitrogens with one attached hydrogen (secondary N) is 2. The Balaban J connectivity index is 1.66. The molecule has 1 aromatic heterocycles. The van der Waals surface area contributed by atoms with Crippen LogP contribution in [0.2, 0.25) is 0 Å². The Labute approximate surface area is 142 Å². The maximum Gasteiger partial charge on any atom is 0.241 e. The van der Waals surface area contributed by atoms with Crippen molar-refractivity contribution in [3.8, 4) is 0 Å². The molecule has 0 aliphatic carbocycles. The average Bonchev–Trinajstić information content (AvgIpc) is 3.02. The maximum atomic E-state index is 12.4. The number of unbranched alkanes of at least 4 members (excludes halogenated alkanes) is 1. The molecule has 6 heteroatoms.